The van der Waals surface area contributed by atoms with E-state index in [9.17, 15) is 4.79 Å². The minimum atomic E-state index is -0.152. The van der Waals surface area contributed by atoms with Crippen molar-refractivity contribution in [3.63, 3.8) is 0 Å². The van der Waals surface area contributed by atoms with Crippen LogP contribution >= 0.6 is 15.9 Å². The van der Waals surface area contributed by atoms with Crippen LogP contribution in [0.15, 0.2) is 59.2 Å². The average Bonchev–Trinajstić information content (AvgIpc) is 3.60. The number of pyridine rings is 2. The maximum absolute atomic E-state index is 13.2. The fraction of sp³-hybridized carbons (Fsp3) is 0.250. The number of halogens is 1. The molecule has 32 heavy (non-hydrogen) atoms. The summed E-state index contributed by atoms with van der Waals surface area (Å²) in [6.07, 6.45) is 3.91. The highest BCUT2D eigenvalue weighted by Crippen LogP contribution is 2.40. The van der Waals surface area contributed by atoms with E-state index >= 15 is 0 Å². The maximum atomic E-state index is 13.2. The van der Waals surface area contributed by atoms with Gasteiger partial charge in [-0.15, -0.1) is 0 Å². The highest BCUT2D eigenvalue weighted by molar-refractivity contribution is 9.10. The monoisotopic (exact) mass is 491 g/mol. The number of aromatic nitrogens is 4. The zero-order valence-electron chi connectivity index (χ0n) is 17.6. The van der Waals surface area contributed by atoms with Gasteiger partial charge in [-0.2, -0.15) is 9.78 Å². The number of benzene rings is 1. The van der Waals surface area contributed by atoms with Crippen LogP contribution in [0.3, 0.4) is 0 Å². The Labute approximate surface area is 194 Å². The zero-order chi connectivity index (χ0) is 22.1. The lowest BCUT2D eigenvalue weighted by molar-refractivity contribution is 0.0948. The smallest absolute Gasteiger partial charge is 0.252 e. The van der Waals surface area contributed by atoms with Gasteiger partial charge in [0.25, 0.3) is 5.91 Å². The Kier molecular flexibility index (Phi) is 5.61. The predicted molar refractivity (Wildman–Crippen MR) is 125 cm³/mol. The van der Waals surface area contributed by atoms with Crippen molar-refractivity contribution < 1.29 is 9.53 Å². The van der Waals surface area contributed by atoms with Crippen molar-refractivity contribution in [2.24, 2.45) is 0 Å². The molecule has 0 aliphatic heterocycles. The molecule has 4 aromatic rings. The number of rotatable bonds is 7. The summed E-state index contributed by atoms with van der Waals surface area (Å²) in [6.45, 7) is 2.66. The molecule has 1 amide bonds. The van der Waals surface area contributed by atoms with Crippen LogP contribution in [0.5, 0.6) is 5.75 Å². The summed E-state index contributed by atoms with van der Waals surface area (Å²) in [7, 11) is 0. The molecular formula is C24H22BrN5O2. The summed E-state index contributed by atoms with van der Waals surface area (Å²) >= 11 is 3.43. The number of nitrogens with zero attached hydrogens (tertiary/aromatic N) is 4. The summed E-state index contributed by atoms with van der Waals surface area (Å²) in [6, 6.07) is 15.2. The van der Waals surface area contributed by atoms with Gasteiger partial charge < -0.3 is 10.1 Å². The summed E-state index contributed by atoms with van der Waals surface area (Å²) in [5.74, 6) is 1.68. The third-order valence-electron chi connectivity index (χ3n) is 5.39. The van der Waals surface area contributed by atoms with Gasteiger partial charge >= 0.3 is 0 Å². The Hall–Kier alpha value is -3.26. The number of amides is 1. The quantitative estimate of drug-likeness (QED) is 0.382. The molecule has 0 radical (unpaired) electrons. The van der Waals surface area contributed by atoms with Crippen LogP contribution < -0.4 is 10.1 Å². The molecule has 1 aliphatic carbocycles. The predicted octanol–water partition coefficient (Wildman–Crippen LogP) is 4.57. The van der Waals surface area contributed by atoms with E-state index in [2.05, 4.69) is 31.3 Å². The normalized spacial score (nSPS) is 13.3. The van der Waals surface area contributed by atoms with Gasteiger partial charge in [-0.3, -0.25) is 4.79 Å². The Morgan fingerprint density at radius 3 is 2.84 bits per heavy atom. The molecule has 1 N–H and O–H groups in total. The summed E-state index contributed by atoms with van der Waals surface area (Å²) in [4.78, 5) is 22.4. The first-order chi connectivity index (χ1) is 15.6. The number of aryl methyl sites for hydroxylation is 1. The third-order valence-corrected chi connectivity index (χ3v) is 5.88. The highest BCUT2D eigenvalue weighted by atomic mass is 79.9. The molecule has 7 nitrogen and oxygen atoms in total. The van der Waals surface area contributed by atoms with E-state index in [1.54, 1.807) is 10.9 Å². The number of fused-ring (bicyclic) bond motifs is 1. The topological polar surface area (TPSA) is 81.9 Å². The molecule has 5 rings (SSSR count). The SMILES string of the molecule is Cc1nn(-c2ccccn2)c2nc(C3CC3)cc(C(=O)NCCOc3cccc(Br)c3)c12. The van der Waals surface area contributed by atoms with Gasteiger partial charge in [0.1, 0.15) is 12.4 Å². The van der Waals surface area contributed by atoms with Gasteiger partial charge in [-0.25, -0.2) is 9.97 Å². The van der Waals surface area contributed by atoms with Crippen molar-refractivity contribution in [2.45, 2.75) is 25.7 Å². The molecule has 1 aromatic carbocycles. The molecule has 3 aromatic heterocycles. The van der Waals surface area contributed by atoms with Crippen LogP contribution in [0.25, 0.3) is 16.9 Å². The second-order valence-corrected chi connectivity index (χ2v) is 8.73. The van der Waals surface area contributed by atoms with Crippen LogP contribution in [-0.2, 0) is 0 Å². The Morgan fingerprint density at radius 2 is 2.09 bits per heavy atom. The molecule has 8 heteroatoms. The number of carbonyl (C=O) groups is 1. The lowest BCUT2D eigenvalue weighted by Crippen LogP contribution is -2.28. The average molecular weight is 492 g/mol. The molecule has 0 bridgehead atoms. The van der Waals surface area contributed by atoms with Crippen LogP contribution in [-0.4, -0.2) is 38.8 Å². The number of carbonyl (C=O) groups excluding carboxylic acids is 1. The lowest BCUT2D eigenvalue weighted by Gasteiger charge is -2.10. The number of hydrogen-bond acceptors (Lipinski definition) is 5. The Morgan fingerprint density at radius 1 is 1.22 bits per heavy atom. The van der Waals surface area contributed by atoms with E-state index in [4.69, 9.17) is 9.72 Å². The Balaban J connectivity index is 1.41. The van der Waals surface area contributed by atoms with Crippen molar-refractivity contribution in [1.82, 2.24) is 25.1 Å². The minimum Gasteiger partial charge on any atom is -0.492 e. The number of nitrogens with one attached hydrogen (secondary N) is 1. The number of hydrogen-bond donors (Lipinski definition) is 1. The molecule has 1 fully saturated rings. The largest absolute Gasteiger partial charge is 0.492 e. The lowest BCUT2D eigenvalue weighted by atomic mass is 10.1. The first-order valence-corrected chi connectivity index (χ1v) is 11.4. The van der Waals surface area contributed by atoms with E-state index in [1.807, 2.05) is 55.5 Å². The van der Waals surface area contributed by atoms with Crippen LogP contribution in [0.2, 0.25) is 0 Å². The van der Waals surface area contributed by atoms with Crippen molar-refractivity contribution in [1.29, 1.82) is 0 Å². The van der Waals surface area contributed by atoms with Gasteiger partial charge in [0, 0.05) is 22.3 Å². The van der Waals surface area contributed by atoms with E-state index < -0.39 is 0 Å². The summed E-state index contributed by atoms with van der Waals surface area (Å²) in [5, 5.41) is 8.39. The van der Waals surface area contributed by atoms with E-state index in [0.717, 1.165) is 39.8 Å². The molecule has 0 saturated heterocycles. The molecule has 1 saturated carbocycles. The maximum Gasteiger partial charge on any atom is 0.252 e. The van der Waals surface area contributed by atoms with E-state index in [0.29, 0.717) is 36.1 Å². The highest BCUT2D eigenvalue weighted by Gasteiger charge is 2.29. The summed E-state index contributed by atoms with van der Waals surface area (Å²) in [5.41, 5.74) is 2.95. The Bertz CT molecular complexity index is 1280. The first-order valence-electron chi connectivity index (χ1n) is 10.6. The molecule has 1 aliphatic rings. The molecule has 0 unspecified atom stereocenters. The third kappa shape index (κ3) is 4.23. The van der Waals surface area contributed by atoms with Crippen molar-refractivity contribution >= 4 is 32.9 Å². The molecule has 3 heterocycles. The van der Waals surface area contributed by atoms with E-state index in [1.165, 1.54) is 0 Å². The van der Waals surface area contributed by atoms with Crippen LogP contribution in [0, 0.1) is 6.92 Å². The van der Waals surface area contributed by atoms with Gasteiger partial charge in [-0.1, -0.05) is 28.1 Å². The minimum absolute atomic E-state index is 0.152. The number of ether oxygens (including phenoxy) is 1. The molecule has 0 atom stereocenters. The van der Waals surface area contributed by atoms with Crippen molar-refractivity contribution in [2.75, 3.05) is 13.2 Å². The van der Waals surface area contributed by atoms with Crippen LogP contribution in [0.1, 0.15) is 40.5 Å². The van der Waals surface area contributed by atoms with Gasteiger partial charge in [-0.05, 0) is 56.2 Å². The standard InChI is InChI=1S/C24H22BrN5O2/c1-15-22-19(24(31)27-11-12-32-18-6-4-5-17(25)13-18)14-20(16-8-9-16)28-23(22)30(29-15)21-7-2-3-10-26-21/h2-7,10,13-14,16H,8-9,11-12H2,1H3,(H,27,31). The second-order valence-electron chi connectivity index (χ2n) is 7.81. The van der Waals surface area contributed by atoms with E-state index in [-0.39, 0.29) is 5.91 Å². The van der Waals surface area contributed by atoms with Crippen molar-refractivity contribution in [3.05, 3.63) is 76.2 Å². The molecule has 0 spiro atoms. The zero-order valence-corrected chi connectivity index (χ0v) is 19.2. The second kappa shape index (κ2) is 8.70. The van der Waals surface area contributed by atoms with Gasteiger partial charge in [0.05, 0.1) is 23.2 Å². The van der Waals surface area contributed by atoms with Crippen LogP contribution in [0.4, 0.5) is 0 Å². The fourth-order valence-corrected chi connectivity index (χ4v) is 4.08. The summed E-state index contributed by atoms with van der Waals surface area (Å²) < 4.78 is 8.41. The molecule has 162 valence electrons. The van der Waals surface area contributed by atoms with Gasteiger partial charge in [0.15, 0.2) is 11.5 Å². The van der Waals surface area contributed by atoms with Crippen molar-refractivity contribution in [3.8, 4) is 11.6 Å². The molecular weight excluding hydrogens is 470 g/mol. The van der Waals surface area contributed by atoms with Gasteiger partial charge in [0.2, 0.25) is 0 Å². The first kappa shape index (κ1) is 20.6. The fourth-order valence-electron chi connectivity index (χ4n) is 3.70.